The number of pyridine rings is 1. The van der Waals surface area contributed by atoms with Crippen LogP contribution in [0.3, 0.4) is 0 Å². The molecule has 0 saturated carbocycles. The van der Waals surface area contributed by atoms with E-state index >= 15 is 0 Å². The Morgan fingerprint density at radius 2 is 2.23 bits per heavy atom. The van der Waals surface area contributed by atoms with Gasteiger partial charge in [0.25, 0.3) is 0 Å². The van der Waals surface area contributed by atoms with Crippen LogP contribution in [0.2, 0.25) is 0 Å². The van der Waals surface area contributed by atoms with Crippen molar-refractivity contribution in [1.82, 2.24) is 4.98 Å². The second kappa shape index (κ2) is 2.90. The van der Waals surface area contributed by atoms with Gasteiger partial charge in [-0.2, -0.15) is 0 Å². The highest BCUT2D eigenvalue weighted by Gasteiger charge is 2.04. The van der Waals surface area contributed by atoms with Gasteiger partial charge in [0.15, 0.2) is 0 Å². The second-order valence-electron chi connectivity index (χ2n) is 2.59. The summed E-state index contributed by atoms with van der Waals surface area (Å²) in [7, 11) is 0. The first-order valence-corrected chi connectivity index (χ1v) is 3.69. The van der Waals surface area contributed by atoms with Crippen molar-refractivity contribution in [3.05, 3.63) is 41.2 Å². The van der Waals surface area contributed by atoms with Gasteiger partial charge in [-0.15, -0.1) is 4.91 Å². The normalized spacial score (nSPS) is 10.2. The van der Waals surface area contributed by atoms with Gasteiger partial charge in [-0.05, 0) is 17.3 Å². The molecule has 3 nitrogen and oxygen atoms in total. The van der Waals surface area contributed by atoms with Crippen molar-refractivity contribution >= 4 is 16.6 Å². The van der Waals surface area contributed by atoms with Gasteiger partial charge in [-0.25, -0.2) is 4.39 Å². The molecule has 0 aliphatic rings. The summed E-state index contributed by atoms with van der Waals surface area (Å²) < 4.78 is 12.9. The third kappa shape index (κ3) is 1.26. The summed E-state index contributed by atoms with van der Waals surface area (Å²) in [6.45, 7) is 0. The maximum atomic E-state index is 12.9. The average molecular weight is 176 g/mol. The lowest BCUT2D eigenvalue weighted by molar-refractivity contribution is 0.630. The third-order valence-corrected chi connectivity index (χ3v) is 1.75. The van der Waals surface area contributed by atoms with Gasteiger partial charge in [-0.1, -0.05) is 6.07 Å². The molecule has 0 aliphatic heterocycles. The van der Waals surface area contributed by atoms with E-state index in [1.54, 1.807) is 12.1 Å². The van der Waals surface area contributed by atoms with Gasteiger partial charge in [0.2, 0.25) is 0 Å². The largest absolute Gasteiger partial charge is 0.254 e. The minimum atomic E-state index is -0.477. The van der Waals surface area contributed by atoms with E-state index < -0.39 is 5.82 Å². The van der Waals surface area contributed by atoms with E-state index in [9.17, 15) is 9.30 Å². The number of halogens is 1. The zero-order valence-electron chi connectivity index (χ0n) is 6.57. The zero-order chi connectivity index (χ0) is 9.26. The molecule has 0 bridgehead atoms. The molecule has 0 atom stereocenters. The van der Waals surface area contributed by atoms with Gasteiger partial charge in [0.05, 0.1) is 5.52 Å². The number of nitrogens with zero attached hydrogens (tertiary/aromatic N) is 2. The molecule has 0 radical (unpaired) electrons. The Labute approximate surface area is 73.2 Å². The molecule has 4 heteroatoms. The molecule has 0 N–H and O–H groups in total. The van der Waals surface area contributed by atoms with Gasteiger partial charge in [0, 0.05) is 17.6 Å². The summed E-state index contributed by atoms with van der Waals surface area (Å²) in [6.07, 6.45) is 1.54. The number of hydrogen-bond donors (Lipinski definition) is 0. The summed E-state index contributed by atoms with van der Waals surface area (Å²) >= 11 is 0. The van der Waals surface area contributed by atoms with Crippen molar-refractivity contribution < 1.29 is 4.39 Å². The van der Waals surface area contributed by atoms with Gasteiger partial charge in [-0.3, -0.25) is 4.98 Å². The third-order valence-electron chi connectivity index (χ3n) is 1.75. The van der Waals surface area contributed by atoms with Crippen LogP contribution in [0.4, 0.5) is 10.1 Å². The van der Waals surface area contributed by atoms with Crippen molar-refractivity contribution in [3.8, 4) is 0 Å². The van der Waals surface area contributed by atoms with Crippen molar-refractivity contribution in [3.63, 3.8) is 0 Å². The standard InChI is InChI=1S/C9H5FN2O/c10-7-4-6-2-1-3-11-9(6)8(5-7)12-13/h1-5H. The number of aromatic nitrogens is 1. The summed E-state index contributed by atoms with van der Waals surface area (Å²) in [5, 5.41) is 3.29. The van der Waals surface area contributed by atoms with Crippen LogP contribution in [0.25, 0.3) is 10.9 Å². The first-order chi connectivity index (χ1) is 6.31. The topological polar surface area (TPSA) is 42.3 Å². The Hall–Kier alpha value is -1.84. The average Bonchev–Trinajstić information content (AvgIpc) is 2.16. The molecule has 2 aromatic rings. The summed E-state index contributed by atoms with van der Waals surface area (Å²) in [4.78, 5) is 14.2. The second-order valence-corrected chi connectivity index (χ2v) is 2.59. The molecule has 2 rings (SSSR count). The Morgan fingerprint density at radius 3 is 3.00 bits per heavy atom. The van der Waals surface area contributed by atoms with Gasteiger partial charge >= 0.3 is 0 Å². The Bertz CT molecular complexity index is 470. The van der Waals surface area contributed by atoms with E-state index in [1.807, 2.05) is 0 Å². The predicted molar refractivity (Wildman–Crippen MR) is 47.2 cm³/mol. The highest BCUT2D eigenvalue weighted by molar-refractivity contribution is 5.88. The molecule has 0 fully saturated rings. The molecule has 1 aromatic carbocycles. The van der Waals surface area contributed by atoms with Crippen LogP contribution >= 0.6 is 0 Å². The Morgan fingerprint density at radius 1 is 1.38 bits per heavy atom. The fourth-order valence-corrected chi connectivity index (χ4v) is 1.21. The quantitative estimate of drug-likeness (QED) is 0.627. The number of fused-ring (bicyclic) bond motifs is 1. The van der Waals surface area contributed by atoms with Crippen LogP contribution in [0.5, 0.6) is 0 Å². The van der Waals surface area contributed by atoms with Crippen molar-refractivity contribution in [2.75, 3.05) is 0 Å². The molecule has 0 saturated heterocycles. The summed E-state index contributed by atoms with van der Waals surface area (Å²) in [5.74, 6) is -0.477. The van der Waals surface area contributed by atoms with Crippen LogP contribution in [-0.2, 0) is 0 Å². The minimum absolute atomic E-state index is 0.0376. The van der Waals surface area contributed by atoms with E-state index in [2.05, 4.69) is 10.2 Å². The maximum Gasteiger partial charge on any atom is 0.137 e. The molecular weight excluding hydrogens is 171 g/mol. The van der Waals surface area contributed by atoms with E-state index in [4.69, 9.17) is 0 Å². The van der Waals surface area contributed by atoms with Crippen molar-refractivity contribution in [2.24, 2.45) is 5.18 Å². The first kappa shape index (κ1) is 7.79. The fraction of sp³-hybridized carbons (Fsp3) is 0. The zero-order valence-corrected chi connectivity index (χ0v) is 6.57. The lowest BCUT2D eigenvalue weighted by Crippen LogP contribution is -1.80. The number of nitroso groups, excluding NO2 is 1. The number of hydrogen-bond acceptors (Lipinski definition) is 3. The van der Waals surface area contributed by atoms with Crippen LogP contribution in [-0.4, -0.2) is 4.98 Å². The highest BCUT2D eigenvalue weighted by Crippen LogP contribution is 2.24. The van der Waals surface area contributed by atoms with Crippen LogP contribution < -0.4 is 0 Å². The molecule has 1 aromatic heterocycles. The molecule has 0 aliphatic carbocycles. The molecular formula is C9H5FN2O. The van der Waals surface area contributed by atoms with E-state index in [1.165, 1.54) is 12.3 Å². The lowest BCUT2D eigenvalue weighted by atomic mass is 10.2. The van der Waals surface area contributed by atoms with Gasteiger partial charge < -0.3 is 0 Å². The van der Waals surface area contributed by atoms with Gasteiger partial charge in [0.1, 0.15) is 11.5 Å². The summed E-state index contributed by atoms with van der Waals surface area (Å²) in [5.41, 5.74) is 0.467. The lowest BCUT2D eigenvalue weighted by Gasteiger charge is -1.97. The maximum absolute atomic E-state index is 12.9. The SMILES string of the molecule is O=Nc1cc(F)cc2cccnc12. The van der Waals surface area contributed by atoms with Crippen LogP contribution in [0, 0.1) is 10.7 Å². The Kier molecular flexibility index (Phi) is 1.73. The molecule has 0 unspecified atom stereocenters. The van der Waals surface area contributed by atoms with Crippen LogP contribution in [0.15, 0.2) is 35.6 Å². The smallest absolute Gasteiger partial charge is 0.137 e. The number of rotatable bonds is 1. The summed E-state index contributed by atoms with van der Waals surface area (Å²) in [6, 6.07) is 5.75. The molecule has 1 heterocycles. The van der Waals surface area contributed by atoms with E-state index in [0.717, 1.165) is 6.07 Å². The van der Waals surface area contributed by atoms with E-state index in [0.29, 0.717) is 10.9 Å². The predicted octanol–water partition coefficient (Wildman–Crippen LogP) is 2.77. The molecule has 64 valence electrons. The monoisotopic (exact) mass is 176 g/mol. The van der Waals surface area contributed by atoms with Crippen molar-refractivity contribution in [1.29, 1.82) is 0 Å². The van der Waals surface area contributed by atoms with E-state index in [-0.39, 0.29) is 5.69 Å². The van der Waals surface area contributed by atoms with Crippen LogP contribution in [0.1, 0.15) is 0 Å². The van der Waals surface area contributed by atoms with Crippen molar-refractivity contribution in [2.45, 2.75) is 0 Å². The fourth-order valence-electron chi connectivity index (χ4n) is 1.21. The molecule has 0 amide bonds. The first-order valence-electron chi connectivity index (χ1n) is 3.69. The number of benzene rings is 1. The minimum Gasteiger partial charge on any atom is -0.254 e. The molecule has 13 heavy (non-hydrogen) atoms. The Balaban J connectivity index is 2.89. The molecule has 0 spiro atoms. The highest BCUT2D eigenvalue weighted by atomic mass is 19.1.